The van der Waals surface area contributed by atoms with Gasteiger partial charge >= 0.3 is 0 Å². The Morgan fingerprint density at radius 1 is 1.12 bits per heavy atom. The molecule has 122 valence electrons. The van der Waals surface area contributed by atoms with Crippen molar-refractivity contribution < 1.29 is 9.59 Å². The number of benzene rings is 2. The Morgan fingerprint density at radius 3 is 2.21 bits per heavy atom. The van der Waals surface area contributed by atoms with Crippen molar-refractivity contribution in [1.82, 2.24) is 0 Å². The summed E-state index contributed by atoms with van der Waals surface area (Å²) in [5.41, 5.74) is 1.47. The molecular weight excluding hydrogens is 349 g/mol. The third-order valence-electron chi connectivity index (χ3n) is 3.14. The number of hydrogen-bond donors (Lipinski definition) is 1. The lowest BCUT2D eigenvalue weighted by Crippen LogP contribution is -2.36. The molecule has 2 amide bonds. The zero-order valence-electron chi connectivity index (χ0n) is 12.7. The second-order valence-corrected chi connectivity index (χ2v) is 5.84. The molecule has 0 fully saturated rings. The van der Waals surface area contributed by atoms with Gasteiger partial charge in [0.2, 0.25) is 11.8 Å². The van der Waals surface area contributed by atoms with E-state index in [1.165, 1.54) is 11.8 Å². The largest absolute Gasteiger partial charge is 0.325 e. The highest BCUT2D eigenvalue weighted by atomic mass is 35.5. The highest BCUT2D eigenvalue weighted by Gasteiger charge is 2.17. The van der Waals surface area contributed by atoms with E-state index in [0.717, 1.165) is 0 Å². The molecule has 0 unspecified atom stereocenters. The van der Waals surface area contributed by atoms with Crippen molar-refractivity contribution in [3.8, 4) is 6.07 Å². The molecule has 1 N–H and O–H groups in total. The molecule has 0 aliphatic heterocycles. The van der Waals surface area contributed by atoms with Crippen molar-refractivity contribution in [2.75, 3.05) is 16.8 Å². The molecule has 24 heavy (non-hydrogen) atoms. The maximum absolute atomic E-state index is 12.2. The Hall–Kier alpha value is -2.55. The van der Waals surface area contributed by atoms with E-state index in [9.17, 15) is 9.59 Å². The van der Waals surface area contributed by atoms with Crippen molar-refractivity contribution in [3.05, 3.63) is 58.1 Å². The van der Waals surface area contributed by atoms with Crippen LogP contribution in [-0.2, 0) is 9.59 Å². The lowest BCUT2D eigenvalue weighted by Gasteiger charge is -2.21. The summed E-state index contributed by atoms with van der Waals surface area (Å²) in [5, 5.41) is 12.2. The van der Waals surface area contributed by atoms with E-state index in [0.29, 0.717) is 27.0 Å². The molecule has 0 bridgehead atoms. The van der Waals surface area contributed by atoms with E-state index in [2.05, 4.69) is 5.32 Å². The molecule has 0 spiro atoms. The third kappa shape index (κ3) is 4.72. The molecular formula is C17H13Cl2N3O2. The number of hydrogen-bond acceptors (Lipinski definition) is 3. The average molecular weight is 362 g/mol. The summed E-state index contributed by atoms with van der Waals surface area (Å²) in [6.45, 7) is 1.16. The van der Waals surface area contributed by atoms with Crippen LogP contribution in [0.4, 0.5) is 11.4 Å². The molecule has 0 heterocycles. The maximum atomic E-state index is 12.2. The van der Waals surface area contributed by atoms with Gasteiger partial charge in [-0.2, -0.15) is 5.26 Å². The summed E-state index contributed by atoms with van der Waals surface area (Å²) in [6, 6.07) is 13.1. The van der Waals surface area contributed by atoms with Crippen LogP contribution in [0.1, 0.15) is 12.5 Å². The smallest absolute Gasteiger partial charge is 0.244 e. The molecule has 2 aromatic carbocycles. The van der Waals surface area contributed by atoms with E-state index in [1.54, 1.807) is 42.5 Å². The molecule has 7 heteroatoms. The van der Waals surface area contributed by atoms with Gasteiger partial charge in [-0.3, -0.25) is 9.59 Å². The van der Waals surface area contributed by atoms with Crippen LogP contribution in [0.3, 0.4) is 0 Å². The summed E-state index contributed by atoms with van der Waals surface area (Å²) >= 11 is 11.9. The van der Waals surface area contributed by atoms with E-state index >= 15 is 0 Å². The predicted octanol–water partition coefficient (Wildman–Crippen LogP) is 3.86. The Balaban J connectivity index is 2.13. The van der Waals surface area contributed by atoms with E-state index < -0.39 is 0 Å². The minimum atomic E-state index is -0.383. The van der Waals surface area contributed by atoms with Crippen LogP contribution in [0.15, 0.2) is 42.5 Å². The first-order valence-electron chi connectivity index (χ1n) is 6.93. The lowest BCUT2D eigenvalue weighted by molar-refractivity contribution is -0.120. The number of nitriles is 1. The van der Waals surface area contributed by atoms with E-state index in [4.69, 9.17) is 28.5 Å². The number of nitrogens with one attached hydrogen (secondary N) is 1. The normalized spacial score (nSPS) is 9.92. The van der Waals surface area contributed by atoms with Crippen LogP contribution >= 0.6 is 23.2 Å². The Kier molecular flexibility index (Phi) is 5.80. The monoisotopic (exact) mass is 361 g/mol. The highest BCUT2D eigenvalue weighted by molar-refractivity contribution is 6.35. The number of anilines is 2. The van der Waals surface area contributed by atoms with Gasteiger partial charge in [0.05, 0.1) is 11.6 Å². The number of halogens is 2. The number of carbonyl (C=O) groups excluding carboxylic acids is 2. The van der Waals surface area contributed by atoms with Gasteiger partial charge in [0.25, 0.3) is 0 Å². The SMILES string of the molecule is CC(=O)N(CC(=O)Nc1ccc(C#N)cc1)c1cc(Cl)cc(Cl)c1. The molecule has 2 aromatic rings. The summed E-state index contributed by atoms with van der Waals surface area (Å²) in [4.78, 5) is 25.3. The first-order valence-corrected chi connectivity index (χ1v) is 7.69. The minimum Gasteiger partial charge on any atom is -0.325 e. The molecule has 0 atom stereocenters. The summed E-state index contributed by atoms with van der Waals surface area (Å²) in [6.07, 6.45) is 0. The quantitative estimate of drug-likeness (QED) is 0.898. The van der Waals surface area contributed by atoms with Crippen LogP contribution in [-0.4, -0.2) is 18.4 Å². The van der Waals surface area contributed by atoms with E-state index in [-0.39, 0.29) is 18.4 Å². The van der Waals surface area contributed by atoms with Gasteiger partial charge < -0.3 is 10.2 Å². The van der Waals surface area contributed by atoms with Gasteiger partial charge in [-0.1, -0.05) is 23.2 Å². The van der Waals surface area contributed by atoms with Crippen LogP contribution in [0.2, 0.25) is 10.0 Å². The number of carbonyl (C=O) groups is 2. The van der Waals surface area contributed by atoms with Crippen LogP contribution in [0.25, 0.3) is 0 Å². The topological polar surface area (TPSA) is 73.2 Å². The molecule has 0 aromatic heterocycles. The summed E-state index contributed by atoms with van der Waals surface area (Å²) in [5.74, 6) is -0.700. The van der Waals surface area contributed by atoms with Crippen molar-refractivity contribution in [2.24, 2.45) is 0 Å². The summed E-state index contributed by atoms with van der Waals surface area (Å²) < 4.78 is 0. The molecule has 0 aliphatic rings. The second kappa shape index (κ2) is 7.82. The van der Waals surface area contributed by atoms with Gasteiger partial charge in [0.1, 0.15) is 6.54 Å². The van der Waals surface area contributed by atoms with Gasteiger partial charge in [-0.15, -0.1) is 0 Å². The van der Waals surface area contributed by atoms with Crippen molar-refractivity contribution in [2.45, 2.75) is 6.92 Å². The average Bonchev–Trinajstić information content (AvgIpc) is 2.52. The van der Waals surface area contributed by atoms with Crippen molar-refractivity contribution in [3.63, 3.8) is 0 Å². The molecule has 0 radical (unpaired) electrons. The second-order valence-electron chi connectivity index (χ2n) is 4.97. The molecule has 0 saturated carbocycles. The molecule has 0 aliphatic carbocycles. The Bertz CT molecular complexity index is 793. The van der Waals surface area contributed by atoms with Crippen LogP contribution < -0.4 is 10.2 Å². The fraction of sp³-hybridized carbons (Fsp3) is 0.118. The van der Waals surface area contributed by atoms with Crippen molar-refractivity contribution >= 4 is 46.4 Å². The zero-order chi connectivity index (χ0) is 17.7. The fourth-order valence-corrected chi connectivity index (χ4v) is 2.57. The van der Waals surface area contributed by atoms with Crippen molar-refractivity contribution in [1.29, 1.82) is 5.26 Å². The van der Waals surface area contributed by atoms with Gasteiger partial charge in [-0.25, -0.2) is 0 Å². The van der Waals surface area contributed by atoms with Crippen LogP contribution in [0, 0.1) is 11.3 Å². The number of rotatable bonds is 4. The molecule has 5 nitrogen and oxygen atoms in total. The van der Waals surface area contributed by atoms with Gasteiger partial charge in [0, 0.05) is 28.3 Å². The maximum Gasteiger partial charge on any atom is 0.244 e. The van der Waals surface area contributed by atoms with Gasteiger partial charge in [-0.05, 0) is 42.5 Å². The third-order valence-corrected chi connectivity index (χ3v) is 3.58. The lowest BCUT2D eigenvalue weighted by atomic mass is 10.2. The minimum absolute atomic E-state index is 0.188. The molecule has 0 saturated heterocycles. The zero-order valence-corrected chi connectivity index (χ0v) is 14.2. The standard InChI is InChI=1S/C17H13Cl2N3O2/c1-11(23)22(16-7-13(18)6-14(19)8-16)10-17(24)21-15-4-2-12(9-20)3-5-15/h2-8H,10H2,1H3,(H,21,24). The summed E-state index contributed by atoms with van der Waals surface area (Å²) in [7, 11) is 0. The highest BCUT2D eigenvalue weighted by Crippen LogP contribution is 2.25. The van der Waals surface area contributed by atoms with Crippen LogP contribution in [0.5, 0.6) is 0 Å². The number of amides is 2. The fourth-order valence-electron chi connectivity index (χ4n) is 2.05. The Morgan fingerprint density at radius 2 is 1.71 bits per heavy atom. The molecule has 2 rings (SSSR count). The predicted molar refractivity (Wildman–Crippen MR) is 94.3 cm³/mol. The Labute approximate surface area is 149 Å². The van der Waals surface area contributed by atoms with E-state index in [1.807, 2.05) is 6.07 Å². The first kappa shape index (κ1) is 17.8. The first-order chi connectivity index (χ1) is 11.4. The number of nitrogens with zero attached hydrogens (tertiary/aromatic N) is 2. The van der Waals surface area contributed by atoms with Gasteiger partial charge in [0.15, 0.2) is 0 Å².